The third-order valence-electron chi connectivity index (χ3n) is 0. The summed E-state index contributed by atoms with van der Waals surface area (Å²) in [5.74, 6) is 0. The van der Waals surface area contributed by atoms with Crippen molar-refractivity contribution < 1.29 is 158 Å². The van der Waals surface area contributed by atoms with Gasteiger partial charge in [0.05, 0.1) is 0 Å². The van der Waals surface area contributed by atoms with Gasteiger partial charge in [0.25, 0.3) is 0 Å². The van der Waals surface area contributed by atoms with Crippen LogP contribution in [0.3, 0.4) is 0 Å². The molecule has 0 aliphatic heterocycles. The van der Waals surface area contributed by atoms with E-state index in [1.807, 2.05) is 0 Å². The Bertz CT molecular complexity index is 1260. The minimum atomic E-state index is -4.67. The highest BCUT2D eigenvalue weighted by Crippen LogP contribution is 1.62. The fourth-order valence-electron chi connectivity index (χ4n) is 0. The minimum absolute atomic E-state index is 0. The molecular weight excluding hydrogens is 1120 g/mol. The first-order chi connectivity index (χ1) is 18.0. The molecule has 0 atom stereocenters. The van der Waals surface area contributed by atoms with Crippen molar-refractivity contribution in [1.82, 2.24) is 111 Å². The van der Waals surface area contributed by atoms with E-state index in [4.69, 9.17) is 158 Å². The summed E-state index contributed by atoms with van der Waals surface area (Å²) >= 11 is 0. The van der Waals surface area contributed by atoms with Crippen LogP contribution in [0.4, 0.5) is 0 Å². The molecule has 72 N–H and O–H groups in total. The van der Waals surface area contributed by atoms with Crippen LogP contribution in [0.2, 0.25) is 0 Å². The van der Waals surface area contributed by atoms with Crippen LogP contribution in [-0.2, 0) is 93.6 Å². The fourth-order valence-corrected chi connectivity index (χ4v) is 0. The van der Waals surface area contributed by atoms with Gasteiger partial charge in [-0.05, 0) is 0 Å². The molecular formula is H72N18O36S9. The summed E-state index contributed by atoms with van der Waals surface area (Å²) in [7, 11) is -42.0. The van der Waals surface area contributed by atoms with Crippen molar-refractivity contribution in [3.05, 3.63) is 0 Å². The van der Waals surface area contributed by atoms with Crippen LogP contribution >= 0.6 is 0 Å². The van der Waals surface area contributed by atoms with Crippen LogP contribution in [0.25, 0.3) is 0 Å². The number of hydrogen-bond acceptors (Lipinski definition) is 36. The molecule has 0 radical (unpaired) electrons. The Hall–Kier alpha value is -1.89. The smallest absolute Gasteiger partial charge is 0.344 e. The zero-order valence-electron chi connectivity index (χ0n) is 31.8. The standard InChI is InChI=1S/18H3N.9H2O4S/c;;;;;;;;;;;;;;;;;;9*1-5(2,3)4/h18*1H3;9*(H2,1,2,3,4). The predicted octanol–water partition coefficient (Wildman–Crippen LogP) is -2.96. The van der Waals surface area contributed by atoms with Crippen LogP contribution in [0, 0.1) is 0 Å². The van der Waals surface area contributed by atoms with E-state index in [2.05, 4.69) is 0 Å². The maximum Gasteiger partial charge on any atom is 0.394 e. The Labute approximate surface area is 361 Å². The van der Waals surface area contributed by atoms with E-state index in [0.29, 0.717) is 0 Å². The van der Waals surface area contributed by atoms with Crippen molar-refractivity contribution in [3.63, 3.8) is 0 Å². The van der Waals surface area contributed by atoms with E-state index in [1.165, 1.54) is 0 Å². The monoisotopic (exact) mass is 1190 g/mol. The normalized spacial score (nSPS) is 8.29. The van der Waals surface area contributed by atoms with Gasteiger partial charge in [-0.25, -0.2) is 0 Å². The highest BCUT2D eigenvalue weighted by atomic mass is 32.3. The van der Waals surface area contributed by atoms with Crippen molar-refractivity contribution in [2.75, 3.05) is 0 Å². The second-order valence-corrected chi connectivity index (χ2v) is 12.1. The van der Waals surface area contributed by atoms with Gasteiger partial charge < -0.3 is 111 Å². The first-order valence-electron chi connectivity index (χ1n) is 6.29. The molecule has 0 rings (SSSR count). The third kappa shape index (κ3) is 56800. The lowest BCUT2D eigenvalue weighted by Gasteiger charge is -1.68. The first kappa shape index (κ1) is 190. The topological polar surface area (TPSA) is 1300 Å². The van der Waals surface area contributed by atoms with Crippen molar-refractivity contribution in [2.24, 2.45) is 0 Å². The van der Waals surface area contributed by atoms with Crippen LogP contribution in [-0.4, -0.2) is 158 Å². The van der Waals surface area contributed by atoms with Crippen molar-refractivity contribution in [3.8, 4) is 0 Å². The highest BCUT2D eigenvalue weighted by molar-refractivity contribution is 7.81. The molecule has 0 aromatic heterocycles. The largest absolute Gasteiger partial charge is 0.394 e. The molecule has 0 spiro atoms. The molecule has 0 heterocycles. The molecule has 432 valence electrons. The molecule has 0 saturated carbocycles. The van der Waals surface area contributed by atoms with Crippen LogP contribution in [0.5, 0.6) is 0 Å². The van der Waals surface area contributed by atoms with E-state index in [9.17, 15) is 0 Å². The fraction of sp³-hybridized carbons (Fsp3) is 0. The zero-order chi connectivity index (χ0) is 40.5. The number of rotatable bonds is 0. The molecule has 0 amide bonds. The van der Waals surface area contributed by atoms with Gasteiger partial charge in [0.15, 0.2) is 0 Å². The van der Waals surface area contributed by atoms with Crippen molar-refractivity contribution in [1.29, 1.82) is 0 Å². The molecule has 63 heteroatoms. The van der Waals surface area contributed by atoms with E-state index in [-0.39, 0.29) is 111 Å². The van der Waals surface area contributed by atoms with E-state index >= 15 is 0 Å². The summed E-state index contributed by atoms with van der Waals surface area (Å²) in [5, 5.41) is 0. The Morgan fingerprint density at radius 1 is 0.111 bits per heavy atom. The molecule has 54 nitrogen and oxygen atoms in total. The molecule has 0 aliphatic carbocycles. The van der Waals surface area contributed by atoms with Gasteiger partial charge in [0.2, 0.25) is 0 Å². The molecule has 0 aromatic carbocycles. The van der Waals surface area contributed by atoms with Crippen LogP contribution < -0.4 is 111 Å². The summed E-state index contributed by atoms with van der Waals surface area (Å²) < 4.78 is 284. The number of hydrogen-bond donors (Lipinski definition) is 36. The minimum Gasteiger partial charge on any atom is -0.344 e. The Morgan fingerprint density at radius 2 is 0.111 bits per heavy atom. The highest BCUT2D eigenvalue weighted by Gasteiger charge is 1.88. The lowest BCUT2D eigenvalue weighted by Crippen LogP contribution is -1.89. The summed E-state index contributed by atoms with van der Waals surface area (Å²) in [4.78, 5) is 0. The van der Waals surface area contributed by atoms with E-state index in [0.717, 1.165) is 0 Å². The summed E-state index contributed by atoms with van der Waals surface area (Å²) in [5.41, 5.74) is 0. The SMILES string of the molecule is N.N.N.N.N.N.N.N.N.N.N.N.N.N.N.N.N.N.O=S(=O)(O)O.O=S(=O)(O)O.O=S(=O)(O)O.O=S(=O)(O)O.O=S(=O)(O)O.O=S(=O)(O)O.O=S(=O)(O)O.O=S(=O)(O)O.O=S(=O)(O)O. The Balaban J connectivity index is -0.00000000894. The molecule has 0 fully saturated rings. The molecule has 0 aromatic rings. The van der Waals surface area contributed by atoms with Gasteiger partial charge in [-0.15, -0.1) is 0 Å². The van der Waals surface area contributed by atoms with Gasteiger partial charge in [-0.2, -0.15) is 75.8 Å². The molecule has 0 aliphatic rings. The van der Waals surface area contributed by atoms with Gasteiger partial charge in [-0.1, -0.05) is 0 Å². The Morgan fingerprint density at radius 3 is 0.111 bits per heavy atom. The molecule has 0 unspecified atom stereocenters. The van der Waals surface area contributed by atoms with Gasteiger partial charge in [0.1, 0.15) is 0 Å². The maximum absolute atomic E-state index is 8.74. The second kappa shape index (κ2) is 77.3. The van der Waals surface area contributed by atoms with Crippen LogP contribution in [0.15, 0.2) is 0 Å². The van der Waals surface area contributed by atoms with Gasteiger partial charge >= 0.3 is 93.6 Å². The first-order valence-corrected chi connectivity index (χ1v) is 18.9. The summed E-state index contributed by atoms with van der Waals surface area (Å²) in [6, 6.07) is 0. The lowest BCUT2D eigenvalue weighted by atomic mass is 14.0. The predicted molar refractivity (Wildman–Crippen MR) is 218 cm³/mol. The quantitative estimate of drug-likeness (QED) is 0.108. The second-order valence-electron chi connectivity index (χ2n) is 4.03. The van der Waals surface area contributed by atoms with E-state index < -0.39 is 93.6 Å². The van der Waals surface area contributed by atoms with E-state index in [1.54, 1.807) is 0 Å². The molecule has 0 saturated heterocycles. The average Bonchev–Trinajstić information content (AvgIpc) is 2.26. The zero-order valence-corrected chi connectivity index (χ0v) is 39.1. The molecule has 0 bridgehead atoms. The van der Waals surface area contributed by atoms with Crippen molar-refractivity contribution in [2.45, 2.75) is 0 Å². The van der Waals surface area contributed by atoms with Crippen molar-refractivity contribution >= 4 is 93.6 Å². The van der Waals surface area contributed by atoms with Gasteiger partial charge in [0, 0.05) is 0 Å². The average molecular weight is 1190 g/mol. The Kier molecular flexibility index (Phi) is 233. The van der Waals surface area contributed by atoms with Crippen LogP contribution in [0.1, 0.15) is 0 Å². The third-order valence-corrected chi connectivity index (χ3v) is 0. The molecule has 63 heavy (non-hydrogen) atoms. The lowest BCUT2D eigenvalue weighted by molar-refractivity contribution is 0.378. The van der Waals surface area contributed by atoms with Gasteiger partial charge in [-0.3, -0.25) is 81.9 Å². The summed E-state index contributed by atoms with van der Waals surface area (Å²) in [6.45, 7) is 0. The maximum atomic E-state index is 8.74. The summed E-state index contributed by atoms with van der Waals surface area (Å²) in [6.07, 6.45) is 0.